The lowest BCUT2D eigenvalue weighted by Gasteiger charge is -2.15. The summed E-state index contributed by atoms with van der Waals surface area (Å²) >= 11 is 0. The molecule has 12 heteroatoms. The van der Waals surface area contributed by atoms with Crippen molar-refractivity contribution >= 4 is 41.5 Å². The van der Waals surface area contributed by atoms with Crippen LogP contribution in [0.3, 0.4) is 0 Å². The van der Waals surface area contributed by atoms with Crippen molar-refractivity contribution in [3.63, 3.8) is 0 Å². The second-order valence-electron chi connectivity index (χ2n) is 8.44. The number of phosphoric acid groups is 1. The fraction of sp³-hybridized carbons (Fsp3) is 0.240. The lowest BCUT2D eigenvalue weighted by molar-refractivity contribution is -0.115. The molecule has 1 amide bonds. The molecule has 11 nitrogen and oxygen atoms in total. The molecule has 0 aliphatic rings. The number of hydrogen-bond donors (Lipinski definition) is 5. The molecule has 0 radical (unpaired) electrons. The van der Waals surface area contributed by atoms with Crippen molar-refractivity contribution in [3.8, 4) is 23.8 Å². The first-order valence-electron chi connectivity index (χ1n) is 11.5. The number of carbonyl (C=O) groups excluding carboxylic acids is 1. The predicted molar refractivity (Wildman–Crippen MR) is 139 cm³/mol. The Labute approximate surface area is 212 Å². The van der Waals surface area contributed by atoms with E-state index in [-0.39, 0.29) is 30.4 Å². The Kier molecular flexibility index (Phi) is 7.36. The van der Waals surface area contributed by atoms with E-state index in [4.69, 9.17) is 17.1 Å². The summed E-state index contributed by atoms with van der Waals surface area (Å²) in [6.07, 6.45) is 7.55. The third kappa shape index (κ3) is 5.67. The number of aromatic nitrogens is 3. The van der Waals surface area contributed by atoms with Crippen molar-refractivity contribution in [2.24, 2.45) is 0 Å². The first kappa shape index (κ1) is 26.0. The second kappa shape index (κ2) is 10.5. The van der Waals surface area contributed by atoms with E-state index in [1.54, 1.807) is 12.1 Å². The third-order valence-electron chi connectivity index (χ3n) is 5.81. The number of benzene rings is 2. The molecule has 0 fully saturated rings. The van der Waals surface area contributed by atoms with Gasteiger partial charge in [0.25, 0.3) is 5.91 Å². The zero-order chi connectivity index (χ0) is 26.7. The molecule has 0 atom stereocenters. The van der Waals surface area contributed by atoms with Gasteiger partial charge in [-0.25, -0.2) is 14.5 Å². The molecule has 0 bridgehead atoms. The topological polar surface area (TPSA) is 173 Å². The summed E-state index contributed by atoms with van der Waals surface area (Å²) in [5.41, 5.74) is 9.25. The van der Waals surface area contributed by atoms with Crippen LogP contribution in [0.5, 0.6) is 11.5 Å². The number of rotatable bonds is 9. The lowest BCUT2D eigenvalue weighted by atomic mass is 10.1. The van der Waals surface area contributed by atoms with Gasteiger partial charge in [0.05, 0.1) is 17.6 Å². The van der Waals surface area contributed by atoms with Crippen LogP contribution in [0.2, 0.25) is 0 Å². The number of nitrogens with two attached hydrogens (primary N) is 1. The molecule has 4 rings (SSSR count). The molecule has 4 aromatic rings. The maximum absolute atomic E-state index is 11.4. The number of unbranched alkanes of at least 4 members (excludes halogenated alkanes) is 1. The highest BCUT2D eigenvalue weighted by atomic mass is 31.2. The molecule has 2 aromatic heterocycles. The molecule has 0 saturated carbocycles. The minimum absolute atomic E-state index is 0.137. The number of imidazole rings is 1. The van der Waals surface area contributed by atoms with E-state index in [2.05, 4.69) is 21.7 Å². The Morgan fingerprint density at radius 2 is 2.05 bits per heavy atom. The van der Waals surface area contributed by atoms with Crippen LogP contribution in [0, 0.1) is 12.3 Å². The van der Waals surface area contributed by atoms with E-state index in [0.717, 1.165) is 29.6 Å². The van der Waals surface area contributed by atoms with E-state index in [0.29, 0.717) is 28.5 Å². The van der Waals surface area contributed by atoms with Gasteiger partial charge in [0, 0.05) is 23.9 Å². The molecule has 2 aromatic carbocycles. The van der Waals surface area contributed by atoms with Crippen molar-refractivity contribution in [1.82, 2.24) is 19.9 Å². The summed E-state index contributed by atoms with van der Waals surface area (Å²) in [5.74, 6) is 1.73. The predicted octanol–water partition coefficient (Wildman–Crippen LogP) is 2.98. The summed E-state index contributed by atoms with van der Waals surface area (Å²) in [5, 5.41) is 14.1. The van der Waals surface area contributed by atoms with Crippen LogP contribution < -0.4 is 15.6 Å². The van der Waals surface area contributed by atoms with Gasteiger partial charge in [0.1, 0.15) is 11.3 Å². The Hall–Kier alpha value is -4.10. The molecule has 192 valence electrons. The van der Waals surface area contributed by atoms with Crippen LogP contribution in [-0.4, -0.2) is 35.3 Å². The highest BCUT2D eigenvalue weighted by molar-refractivity contribution is 7.46. The number of fused-ring (bicyclic) bond motifs is 3. The molecule has 0 aliphatic carbocycles. The summed E-state index contributed by atoms with van der Waals surface area (Å²) in [6.45, 7) is 2.42. The number of carbonyl (C=O) groups is 1. The average molecular weight is 523 g/mol. The van der Waals surface area contributed by atoms with E-state index in [1.807, 2.05) is 22.6 Å². The highest BCUT2D eigenvalue weighted by Crippen LogP contribution is 2.43. The molecule has 6 N–H and O–H groups in total. The number of aromatic hydroxyl groups is 1. The number of nitrogens with zero attached hydrogens (tertiary/aromatic N) is 3. The smallest absolute Gasteiger partial charge is 0.504 e. The van der Waals surface area contributed by atoms with Gasteiger partial charge in [0.2, 0.25) is 0 Å². The molecular weight excluding hydrogens is 497 g/mol. The van der Waals surface area contributed by atoms with Crippen molar-refractivity contribution in [2.75, 3.05) is 5.73 Å². The number of nitrogens with one attached hydrogen (secondary N) is 1. The van der Waals surface area contributed by atoms with E-state index >= 15 is 0 Å². The summed E-state index contributed by atoms with van der Waals surface area (Å²) < 4.78 is 17.9. The van der Waals surface area contributed by atoms with Crippen LogP contribution >= 0.6 is 7.82 Å². The van der Waals surface area contributed by atoms with Crippen molar-refractivity contribution < 1.29 is 28.8 Å². The first-order chi connectivity index (χ1) is 17.6. The standard InChI is InChI=1S/C25H26N5O6P/c1-3-5-9-20-29-22-23(30(20)14-16-7-6-8-19(24(16)32)36-37(33,34)35)17-11-10-15(13-27-21(31)4-2)12-18(17)28-25(22)26/h2,6-8,10-12,32H,3,5,9,13-14H2,1H3,(H2,26,28)(H,27,31)(H2,33,34,35). The van der Waals surface area contributed by atoms with Crippen LogP contribution in [-0.2, 0) is 28.9 Å². The van der Waals surface area contributed by atoms with Gasteiger partial charge in [-0.2, -0.15) is 0 Å². The molecule has 0 aliphatic heterocycles. The SMILES string of the molecule is C#CC(=O)NCc1ccc2c(c1)nc(N)c1nc(CCCC)n(Cc3cccc(OP(=O)(O)O)c3O)c12. The lowest BCUT2D eigenvalue weighted by Crippen LogP contribution is -2.20. The number of hydrogen-bond acceptors (Lipinski definition) is 7. The second-order valence-corrected chi connectivity index (χ2v) is 9.60. The maximum Gasteiger partial charge on any atom is 0.524 e. The van der Waals surface area contributed by atoms with Crippen LogP contribution in [0.1, 0.15) is 36.7 Å². The number of para-hydroxylation sites is 1. The molecule has 0 unspecified atom stereocenters. The summed E-state index contributed by atoms with van der Waals surface area (Å²) in [4.78, 5) is 39.1. The number of nitrogen functional groups attached to an aromatic ring is 1. The number of anilines is 1. The van der Waals surface area contributed by atoms with Gasteiger partial charge in [-0.3, -0.25) is 14.6 Å². The fourth-order valence-corrected chi connectivity index (χ4v) is 4.51. The van der Waals surface area contributed by atoms with Gasteiger partial charge in [-0.15, -0.1) is 6.42 Å². The summed E-state index contributed by atoms with van der Waals surface area (Å²) in [7, 11) is -4.87. The average Bonchev–Trinajstić information content (AvgIpc) is 3.21. The molecule has 37 heavy (non-hydrogen) atoms. The van der Waals surface area contributed by atoms with Crippen molar-refractivity contribution in [1.29, 1.82) is 0 Å². The minimum Gasteiger partial charge on any atom is -0.504 e. The van der Waals surface area contributed by atoms with Crippen LogP contribution in [0.25, 0.3) is 21.9 Å². The minimum atomic E-state index is -4.87. The Morgan fingerprint density at radius 1 is 1.27 bits per heavy atom. The number of pyridine rings is 1. The van der Waals surface area contributed by atoms with Gasteiger partial charge < -0.3 is 25.2 Å². The zero-order valence-corrected chi connectivity index (χ0v) is 20.9. The highest BCUT2D eigenvalue weighted by Gasteiger charge is 2.22. The number of phosphoric ester groups is 1. The number of aryl methyl sites for hydroxylation is 1. The van der Waals surface area contributed by atoms with Crippen molar-refractivity contribution in [3.05, 3.63) is 53.3 Å². The third-order valence-corrected chi connectivity index (χ3v) is 6.25. The van der Waals surface area contributed by atoms with Gasteiger partial charge in [-0.05, 0) is 30.0 Å². The van der Waals surface area contributed by atoms with Gasteiger partial charge in [-0.1, -0.05) is 37.6 Å². The van der Waals surface area contributed by atoms with E-state index in [1.165, 1.54) is 12.1 Å². The Morgan fingerprint density at radius 3 is 2.76 bits per heavy atom. The van der Waals surface area contributed by atoms with Crippen LogP contribution in [0.4, 0.5) is 5.82 Å². The normalized spacial score (nSPS) is 11.5. The van der Waals surface area contributed by atoms with Gasteiger partial charge >= 0.3 is 7.82 Å². The molecule has 0 spiro atoms. The van der Waals surface area contributed by atoms with E-state index < -0.39 is 13.7 Å². The van der Waals surface area contributed by atoms with E-state index in [9.17, 15) is 24.3 Å². The number of phenols is 1. The summed E-state index contributed by atoms with van der Waals surface area (Å²) in [6, 6.07) is 9.95. The maximum atomic E-state index is 11.4. The van der Waals surface area contributed by atoms with Crippen molar-refractivity contribution in [2.45, 2.75) is 39.3 Å². The Balaban J connectivity index is 1.85. The molecular formula is C25H26N5O6P. The van der Waals surface area contributed by atoms with Crippen LogP contribution in [0.15, 0.2) is 36.4 Å². The molecule has 0 saturated heterocycles. The quantitative estimate of drug-likeness (QED) is 0.163. The first-order valence-corrected chi connectivity index (χ1v) is 13.0. The number of terminal acetylenes is 1. The number of phenolic OH excluding ortho intramolecular Hbond substituents is 1. The zero-order valence-electron chi connectivity index (χ0n) is 20.0. The van der Waals surface area contributed by atoms with Gasteiger partial charge in [0.15, 0.2) is 17.3 Å². The monoisotopic (exact) mass is 523 g/mol. The molecule has 2 heterocycles. The largest absolute Gasteiger partial charge is 0.524 e. The fourth-order valence-electron chi connectivity index (χ4n) is 4.11. The Bertz CT molecular complexity index is 1590. The number of amides is 1.